The van der Waals surface area contributed by atoms with Gasteiger partial charge in [0.05, 0.1) is 6.61 Å². The van der Waals surface area contributed by atoms with Gasteiger partial charge >= 0.3 is 5.97 Å². The van der Waals surface area contributed by atoms with Crippen LogP contribution in [-0.2, 0) is 14.3 Å². The Kier molecular flexibility index (Phi) is 7.06. The minimum atomic E-state index is -0.349. The molecular weight excluding hydrogens is 204 g/mol. The molecule has 0 fully saturated rings. The van der Waals surface area contributed by atoms with Crippen LogP contribution in [0.2, 0.25) is 0 Å². The zero-order valence-electron chi connectivity index (χ0n) is 11.0. The molecule has 0 radical (unpaired) electrons. The Morgan fingerprint density at radius 2 is 1.81 bits per heavy atom. The van der Waals surface area contributed by atoms with E-state index >= 15 is 0 Å². The number of carbonyl (C=O) groups excluding carboxylic acids is 1. The first-order chi connectivity index (χ1) is 7.33. The molecule has 0 atom stereocenters. The van der Waals surface area contributed by atoms with Crippen LogP contribution in [0.5, 0.6) is 0 Å². The largest absolute Gasteiger partial charge is 0.460 e. The molecule has 0 aliphatic heterocycles. The highest BCUT2D eigenvalue weighted by molar-refractivity contribution is 5.86. The molecule has 0 aliphatic carbocycles. The predicted octanol–water partition coefficient (Wildman–Crippen LogP) is 2.95. The van der Waals surface area contributed by atoms with E-state index in [1.807, 2.05) is 0 Å². The minimum absolute atomic E-state index is 0.307. The molecule has 0 aromatic carbocycles. The Morgan fingerprint density at radius 1 is 1.19 bits per heavy atom. The van der Waals surface area contributed by atoms with Gasteiger partial charge in [0.15, 0.2) is 0 Å². The van der Waals surface area contributed by atoms with Crippen LogP contribution in [-0.4, -0.2) is 25.8 Å². The summed E-state index contributed by atoms with van der Waals surface area (Å²) in [5.74, 6) is -0.349. The van der Waals surface area contributed by atoms with Crippen molar-refractivity contribution in [2.75, 3.05) is 19.8 Å². The molecule has 0 bridgehead atoms. The molecule has 0 spiro atoms. The topological polar surface area (TPSA) is 35.5 Å². The maximum Gasteiger partial charge on any atom is 0.333 e. The van der Waals surface area contributed by atoms with Crippen molar-refractivity contribution >= 4 is 5.97 Å². The average molecular weight is 228 g/mol. The maximum atomic E-state index is 11.0. The van der Waals surface area contributed by atoms with Gasteiger partial charge in [-0.3, -0.25) is 0 Å². The Labute approximate surface area is 98.8 Å². The van der Waals surface area contributed by atoms with E-state index in [2.05, 4.69) is 27.4 Å². The van der Waals surface area contributed by atoms with E-state index in [1.54, 1.807) is 6.92 Å². The van der Waals surface area contributed by atoms with Crippen molar-refractivity contribution in [1.82, 2.24) is 0 Å². The summed E-state index contributed by atoms with van der Waals surface area (Å²) >= 11 is 0. The number of hydrogen-bond donors (Lipinski definition) is 0. The van der Waals surface area contributed by atoms with E-state index in [4.69, 9.17) is 9.47 Å². The second kappa shape index (κ2) is 7.44. The molecule has 0 aromatic heterocycles. The second-order valence-corrected chi connectivity index (χ2v) is 5.19. The van der Waals surface area contributed by atoms with E-state index in [9.17, 15) is 4.79 Å². The zero-order chi connectivity index (χ0) is 12.6. The molecule has 0 saturated heterocycles. The molecule has 3 heteroatoms. The fourth-order valence-electron chi connectivity index (χ4n) is 1.12. The first-order valence-corrected chi connectivity index (χ1v) is 5.73. The Balaban J connectivity index is 3.29. The number of hydrogen-bond acceptors (Lipinski definition) is 3. The van der Waals surface area contributed by atoms with Gasteiger partial charge in [0.1, 0.15) is 6.61 Å². The fourth-order valence-corrected chi connectivity index (χ4v) is 1.12. The molecule has 16 heavy (non-hydrogen) atoms. The normalized spacial score (nSPS) is 11.2. The highest BCUT2D eigenvalue weighted by atomic mass is 16.6. The average Bonchev–Trinajstić information content (AvgIpc) is 2.14. The van der Waals surface area contributed by atoms with Crippen LogP contribution in [0.1, 0.15) is 40.5 Å². The smallest absolute Gasteiger partial charge is 0.333 e. The van der Waals surface area contributed by atoms with Gasteiger partial charge < -0.3 is 9.47 Å². The lowest BCUT2D eigenvalue weighted by Crippen LogP contribution is -2.12. The Hall–Kier alpha value is -0.830. The van der Waals surface area contributed by atoms with E-state index < -0.39 is 0 Å². The van der Waals surface area contributed by atoms with Crippen molar-refractivity contribution in [2.24, 2.45) is 5.41 Å². The van der Waals surface area contributed by atoms with Gasteiger partial charge in [-0.2, -0.15) is 0 Å². The third kappa shape index (κ3) is 9.71. The standard InChI is InChI=1S/C13H24O3/c1-11(2)12(14)16-10-9-15-8-6-7-13(3,4)5/h1,6-10H2,2-5H3. The number of esters is 1. The van der Waals surface area contributed by atoms with E-state index in [0.717, 1.165) is 19.4 Å². The summed E-state index contributed by atoms with van der Waals surface area (Å²) in [6, 6.07) is 0. The summed E-state index contributed by atoms with van der Waals surface area (Å²) in [5, 5.41) is 0. The molecule has 0 aliphatic rings. The molecule has 3 nitrogen and oxygen atoms in total. The van der Waals surface area contributed by atoms with Crippen molar-refractivity contribution in [1.29, 1.82) is 0 Å². The lowest BCUT2D eigenvalue weighted by molar-refractivity contribution is -0.140. The summed E-state index contributed by atoms with van der Waals surface area (Å²) in [6.07, 6.45) is 2.18. The van der Waals surface area contributed by atoms with Gasteiger partial charge in [-0.15, -0.1) is 0 Å². The molecule has 94 valence electrons. The molecular formula is C13H24O3. The minimum Gasteiger partial charge on any atom is -0.460 e. The summed E-state index contributed by atoms with van der Waals surface area (Å²) in [4.78, 5) is 11.0. The van der Waals surface area contributed by atoms with Gasteiger partial charge in [-0.25, -0.2) is 4.79 Å². The van der Waals surface area contributed by atoms with Crippen LogP contribution in [0, 0.1) is 5.41 Å². The van der Waals surface area contributed by atoms with E-state index in [1.165, 1.54) is 0 Å². The van der Waals surface area contributed by atoms with Crippen LogP contribution >= 0.6 is 0 Å². The third-order valence-corrected chi connectivity index (χ3v) is 2.02. The fraction of sp³-hybridized carbons (Fsp3) is 0.769. The molecule has 0 N–H and O–H groups in total. The molecule has 0 saturated carbocycles. The van der Waals surface area contributed by atoms with Crippen LogP contribution in [0.4, 0.5) is 0 Å². The predicted molar refractivity (Wildman–Crippen MR) is 65.3 cm³/mol. The van der Waals surface area contributed by atoms with Crippen LogP contribution in [0.25, 0.3) is 0 Å². The first kappa shape index (κ1) is 15.2. The van der Waals surface area contributed by atoms with Gasteiger partial charge in [-0.1, -0.05) is 27.4 Å². The van der Waals surface area contributed by atoms with Gasteiger partial charge in [0.25, 0.3) is 0 Å². The molecule has 0 amide bonds. The highest BCUT2D eigenvalue weighted by Gasteiger charge is 2.08. The monoisotopic (exact) mass is 228 g/mol. The van der Waals surface area contributed by atoms with Crippen LogP contribution in [0.3, 0.4) is 0 Å². The molecule has 0 aromatic rings. The summed E-state index contributed by atoms with van der Waals surface area (Å²) in [6.45, 7) is 13.2. The maximum absolute atomic E-state index is 11.0. The lowest BCUT2D eigenvalue weighted by atomic mass is 9.91. The Bertz CT molecular complexity index is 226. The molecule has 0 unspecified atom stereocenters. The summed E-state index contributed by atoms with van der Waals surface area (Å²) < 4.78 is 10.2. The van der Waals surface area contributed by atoms with Crippen molar-refractivity contribution < 1.29 is 14.3 Å². The number of rotatable bonds is 7. The number of ether oxygens (including phenoxy) is 2. The van der Waals surface area contributed by atoms with Gasteiger partial charge in [0, 0.05) is 12.2 Å². The SMILES string of the molecule is C=C(C)C(=O)OCCOCCCC(C)(C)C. The van der Waals surface area contributed by atoms with Crippen LogP contribution in [0.15, 0.2) is 12.2 Å². The zero-order valence-corrected chi connectivity index (χ0v) is 11.0. The third-order valence-electron chi connectivity index (χ3n) is 2.02. The van der Waals surface area contributed by atoms with Crippen molar-refractivity contribution in [3.8, 4) is 0 Å². The number of carbonyl (C=O) groups is 1. The van der Waals surface area contributed by atoms with Gasteiger partial charge in [-0.05, 0) is 25.2 Å². The van der Waals surface area contributed by atoms with Crippen molar-refractivity contribution in [3.05, 3.63) is 12.2 Å². The molecule has 0 heterocycles. The highest BCUT2D eigenvalue weighted by Crippen LogP contribution is 2.20. The summed E-state index contributed by atoms with van der Waals surface area (Å²) in [7, 11) is 0. The Morgan fingerprint density at radius 3 is 2.31 bits per heavy atom. The van der Waals surface area contributed by atoms with E-state index in [-0.39, 0.29) is 5.97 Å². The van der Waals surface area contributed by atoms with E-state index in [0.29, 0.717) is 24.2 Å². The second-order valence-electron chi connectivity index (χ2n) is 5.19. The summed E-state index contributed by atoms with van der Waals surface area (Å²) in [5.41, 5.74) is 0.781. The quantitative estimate of drug-likeness (QED) is 0.382. The molecule has 0 rings (SSSR count). The lowest BCUT2D eigenvalue weighted by Gasteiger charge is -2.17. The van der Waals surface area contributed by atoms with Gasteiger partial charge in [0.2, 0.25) is 0 Å². The first-order valence-electron chi connectivity index (χ1n) is 5.73. The van der Waals surface area contributed by atoms with Crippen molar-refractivity contribution in [3.63, 3.8) is 0 Å². The van der Waals surface area contributed by atoms with Crippen molar-refractivity contribution in [2.45, 2.75) is 40.5 Å². The van der Waals surface area contributed by atoms with Crippen LogP contribution < -0.4 is 0 Å².